The minimum Gasteiger partial charge on any atom is -0.504 e. The number of hydrogen-bond donors (Lipinski definition) is 0. The summed E-state index contributed by atoms with van der Waals surface area (Å²) >= 11 is 1.60. The van der Waals surface area contributed by atoms with Crippen LogP contribution in [0.3, 0.4) is 0 Å². The zero-order valence-electron chi connectivity index (χ0n) is 11.1. The fraction of sp³-hybridized carbons (Fsp3) is 0.267. The molecule has 0 saturated carbocycles. The van der Waals surface area contributed by atoms with Gasteiger partial charge in [-0.1, -0.05) is 25.1 Å². The van der Waals surface area contributed by atoms with Gasteiger partial charge in [-0.25, -0.2) is 4.98 Å². The highest BCUT2D eigenvalue weighted by Crippen LogP contribution is 2.24. The normalized spacial score (nSPS) is 13.1. The third-order valence-corrected chi connectivity index (χ3v) is 3.47. The van der Waals surface area contributed by atoms with E-state index >= 15 is 0 Å². The van der Waals surface area contributed by atoms with Crippen molar-refractivity contribution in [3.8, 4) is 5.75 Å². The van der Waals surface area contributed by atoms with Gasteiger partial charge in [0, 0.05) is 16.9 Å². The molecular formula is C15H17NO2S. The van der Waals surface area contributed by atoms with Crippen molar-refractivity contribution in [3.05, 3.63) is 58.8 Å². The fourth-order valence-corrected chi connectivity index (χ4v) is 2.37. The van der Waals surface area contributed by atoms with Crippen molar-refractivity contribution < 1.29 is 9.47 Å². The van der Waals surface area contributed by atoms with Gasteiger partial charge in [0.2, 0.25) is 0 Å². The number of thiazole rings is 1. The summed E-state index contributed by atoms with van der Waals surface area (Å²) in [5, 5.41) is 2.05. The van der Waals surface area contributed by atoms with Crippen LogP contribution < -0.4 is 4.74 Å². The largest absolute Gasteiger partial charge is 0.504 e. The van der Waals surface area contributed by atoms with Crippen LogP contribution in [0.25, 0.3) is 0 Å². The average molecular weight is 275 g/mol. The van der Waals surface area contributed by atoms with E-state index in [2.05, 4.69) is 17.3 Å². The molecule has 0 aliphatic heterocycles. The van der Waals surface area contributed by atoms with Crippen molar-refractivity contribution in [2.75, 3.05) is 13.7 Å². The summed E-state index contributed by atoms with van der Waals surface area (Å²) in [6.07, 6.45) is 1.74. The standard InChI is InChI=1S/C15H17NO2S/c1-12(15-10-19-11-16-15)13(8-17-2)9-18-14-6-4-3-5-7-14/h3-8,10-12H,9H2,1-2H3. The van der Waals surface area contributed by atoms with E-state index in [-0.39, 0.29) is 5.92 Å². The third-order valence-electron chi connectivity index (χ3n) is 2.87. The Balaban J connectivity index is 2.03. The molecule has 0 bridgehead atoms. The Hall–Kier alpha value is -1.81. The molecule has 0 spiro atoms. The van der Waals surface area contributed by atoms with Gasteiger partial charge in [-0.3, -0.25) is 0 Å². The maximum Gasteiger partial charge on any atom is 0.119 e. The Labute approximate surface area is 117 Å². The van der Waals surface area contributed by atoms with Crippen molar-refractivity contribution in [1.29, 1.82) is 0 Å². The topological polar surface area (TPSA) is 31.4 Å². The van der Waals surface area contributed by atoms with Gasteiger partial charge in [-0.15, -0.1) is 11.3 Å². The minimum atomic E-state index is 0.190. The van der Waals surface area contributed by atoms with Gasteiger partial charge in [-0.2, -0.15) is 0 Å². The number of para-hydroxylation sites is 1. The molecule has 0 fully saturated rings. The SMILES string of the molecule is COC=C(COc1ccccc1)C(C)c1cscn1. The van der Waals surface area contributed by atoms with Crippen molar-refractivity contribution in [2.45, 2.75) is 12.8 Å². The number of nitrogens with zero attached hydrogens (tertiary/aromatic N) is 1. The first-order valence-corrected chi connectivity index (χ1v) is 7.03. The van der Waals surface area contributed by atoms with Crippen LogP contribution in [0, 0.1) is 0 Å². The van der Waals surface area contributed by atoms with E-state index in [4.69, 9.17) is 9.47 Å². The number of rotatable bonds is 6. The van der Waals surface area contributed by atoms with Gasteiger partial charge in [0.25, 0.3) is 0 Å². The number of methoxy groups -OCH3 is 1. The lowest BCUT2D eigenvalue weighted by Gasteiger charge is -2.15. The highest BCUT2D eigenvalue weighted by atomic mass is 32.1. The first-order valence-electron chi connectivity index (χ1n) is 6.09. The lowest BCUT2D eigenvalue weighted by Crippen LogP contribution is -2.09. The zero-order chi connectivity index (χ0) is 13.5. The fourth-order valence-electron chi connectivity index (χ4n) is 1.72. The molecule has 0 radical (unpaired) electrons. The monoisotopic (exact) mass is 275 g/mol. The summed E-state index contributed by atoms with van der Waals surface area (Å²) in [6.45, 7) is 2.60. The number of hydrogen-bond acceptors (Lipinski definition) is 4. The van der Waals surface area contributed by atoms with Crippen molar-refractivity contribution in [3.63, 3.8) is 0 Å². The summed E-state index contributed by atoms with van der Waals surface area (Å²) in [5.41, 5.74) is 3.95. The van der Waals surface area contributed by atoms with Crippen LogP contribution in [-0.2, 0) is 4.74 Å². The number of ether oxygens (including phenoxy) is 2. The molecule has 2 aromatic rings. The first kappa shape index (κ1) is 13.6. The zero-order valence-corrected chi connectivity index (χ0v) is 11.9. The van der Waals surface area contributed by atoms with Crippen LogP contribution in [0.2, 0.25) is 0 Å². The average Bonchev–Trinajstić information content (AvgIpc) is 2.98. The molecular weight excluding hydrogens is 258 g/mol. The molecule has 1 atom stereocenters. The van der Waals surface area contributed by atoms with E-state index in [1.165, 1.54) is 0 Å². The van der Waals surface area contributed by atoms with E-state index in [0.29, 0.717) is 6.61 Å². The molecule has 0 aliphatic rings. The summed E-state index contributed by atoms with van der Waals surface area (Å²) in [5.74, 6) is 1.05. The molecule has 100 valence electrons. The quantitative estimate of drug-likeness (QED) is 0.750. The van der Waals surface area contributed by atoms with Crippen molar-refractivity contribution >= 4 is 11.3 Å². The summed E-state index contributed by atoms with van der Waals surface area (Å²) in [7, 11) is 1.65. The molecule has 1 heterocycles. The van der Waals surface area contributed by atoms with E-state index in [9.17, 15) is 0 Å². The number of benzene rings is 1. The van der Waals surface area contributed by atoms with Gasteiger partial charge in [0.05, 0.1) is 24.6 Å². The second-order valence-electron chi connectivity index (χ2n) is 4.17. The number of aromatic nitrogens is 1. The maximum absolute atomic E-state index is 5.77. The highest BCUT2D eigenvalue weighted by Gasteiger charge is 2.14. The molecule has 1 aromatic heterocycles. The van der Waals surface area contributed by atoms with E-state index < -0.39 is 0 Å². The minimum absolute atomic E-state index is 0.190. The van der Waals surface area contributed by atoms with Gasteiger partial charge < -0.3 is 9.47 Å². The Morgan fingerprint density at radius 2 is 2.16 bits per heavy atom. The van der Waals surface area contributed by atoms with Crippen LogP contribution in [0.4, 0.5) is 0 Å². The van der Waals surface area contributed by atoms with Crippen LogP contribution in [0.15, 0.2) is 53.1 Å². The van der Waals surface area contributed by atoms with Gasteiger partial charge in [0.15, 0.2) is 0 Å². The van der Waals surface area contributed by atoms with Crippen LogP contribution in [-0.4, -0.2) is 18.7 Å². The Bertz CT molecular complexity index is 508. The first-order chi connectivity index (χ1) is 9.31. The second-order valence-corrected chi connectivity index (χ2v) is 4.88. The van der Waals surface area contributed by atoms with Crippen LogP contribution in [0.5, 0.6) is 5.75 Å². The summed E-state index contributed by atoms with van der Waals surface area (Å²) in [4.78, 5) is 4.34. The molecule has 2 rings (SSSR count). The van der Waals surface area contributed by atoms with Crippen LogP contribution in [0.1, 0.15) is 18.5 Å². The van der Waals surface area contributed by atoms with Gasteiger partial charge in [0.1, 0.15) is 12.4 Å². The van der Waals surface area contributed by atoms with Crippen molar-refractivity contribution in [2.24, 2.45) is 0 Å². The molecule has 1 unspecified atom stereocenters. The van der Waals surface area contributed by atoms with E-state index in [1.807, 2.05) is 35.8 Å². The molecule has 0 aliphatic carbocycles. The van der Waals surface area contributed by atoms with Gasteiger partial charge in [-0.05, 0) is 12.1 Å². The predicted molar refractivity (Wildman–Crippen MR) is 77.6 cm³/mol. The maximum atomic E-state index is 5.77. The Morgan fingerprint density at radius 1 is 1.37 bits per heavy atom. The smallest absolute Gasteiger partial charge is 0.119 e. The molecule has 3 nitrogen and oxygen atoms in total. The lowest BCUT2D eigenvalue weighted by molar-refractivity contribution is 0.304. The Morgan fingerprint density at radius 3 is 2.79 bits per heavy atom. The second kappa shape index (κ2) is 6.95. The molecule has 0 saturated heterocycles. The molecule has 0 amide bonds. The molecule has 19 heavy (non-hydrogen) atoms. The third kappa shape index (κ3) is 3.83. The lowest BCUT2D eigenvalue weighted by atomic mass is 10.0. The highest BCUT2D eigenvalue weighted by molar-refractivity contribution is 7.07. The van der Waals surface area contributed by atoms with E-state index in [1.54, 1.807) is 24.7 Å². The summed E-state index contributed by atoms with van der Waals surface area (Å²) < 4.78 is 10.9. The molecule has 4 heteroatoms. The molecule has 0 N–H and O–H groups in total. The van der Waals surface area contributed by atoms with E-state index in [0.717, 1.165) is 17.0 Å². The van der Waals surface area contributed by atoms with Gasteiger partial charge >= 0.3 is 0 Å². The van der Waals surface area contributed by atoms with Crippen LogP contribution >= 0.6 is 11.3 Å². The van der Waals surface area contributed by atoms with Crippen molar-refractivity contribution in [1.82, 2.24) is 4.98 Å². The Kier molecular flexibility index (Phi) is 4.98. The predicted octanol–water partition coefficient (Wildman–Crippen LogP) is 3.86. The summed E-state index contributed by atoms with van der Waals surface area (Å²) in [6, 6.07) is 9.77. The molecule has 1 aromatic carbocycles.